The molecule has 1 aromatic heterocycles. The molecule has 0 fully saturated rings. The van der Waals surface area contributed by atoms with E-state index in [1.54, 1.807) is 6.20 Å². The zero-order valence-corrected chi connectivity index (χ0v) is 17.0. The molecule has 3 rings (SSSR count). The van der Waals surface area contributed by atoms with Crippen molar-refractivity contribution in [3.63, 3.8) is 0 Å². The van der Waals surface area contributed by atoms with Gasteiger partial charge >= 0.3 is 0 Å². The zero-order valence-electron chi connectivity index (χ0n) is 14.6. The Bertz CT molecular complexity index is 679. The third-order valence-corrected chi connectivity index (χ3v) is 4.17. The summed E-state index contributed by atoms with van der Waals surface area (Å²) < 4.78 is 2.05. The lowest BCUT2D eigenvalue weighted by atomic mass is 10.00. The van der Waals surface area contributed by atoms with Gasteiger partial charge in [-0.3, -0.25) is 4.99 Å². The van der Waals surface area contributed by atoms with Crippen LogP contribution in [0, 0.1) is 0 Å². The summed E-state index contributed by atoms with van der Waals surface area (Å²) in [6.45, 7) is 6.51. The Morgan fingerprint density at radius 2 is 2.12 bits per heavy atom. The summed E-state index contributed by atoms with van der Waals surface area (Å²) in [5, 5.41) is 3.41. The van der Waals surface area contributed by atoms with Crippen molar-refractivity contribution in [2.45, 2.75) is 19.9 Å². The highest BCUT2D eigenvalue weighted by Crippen LogP contribution is 2.21. The minimum Gasteiger partial charge on any atom is -0.357 e. The number of rotatable bonds is 5. The van der Waals surface area contributed by atoms with Gasteiger partial charge in [0.2, 0.25) is 0 Å². The van der Waals surface area contributed by atoms with Crippen LogP contribution in [0.15, 0.2) is 60.1 Å². The molecule has 0 atom stereocenters. The highest BCUT2D eigenvalue weighted by atomic mass is 127. The summed E-state index contributed by atoms with van der Waals surface area (Å²) in [7, 11) is 0. The number of halogens is 1. The van der Waals surface area contributed by atoms with Crippen molar-refractivity contribution in [2.24, 2.45) is 4.99 Å². The van der Waals surface area contributed by atoms with E-state index in [-0.39, 0.29) is 24.0 Å². The van der Waals surface area contributed by atoms with Crippen LogP contribution in [0.5, 0.6) is 0 Å². The zero-order chi connectivity index (χ0) is 16.6. The van der Waals surface area contributed by atoms with E-state index in [1.165, 1.54) is 11.1 Å². The lowest BCUT2D eigenvalue weighted by Gasteiger charge is -2.30. The average molecular weight is 451 g/mol. The molecule has 134 valence electrons. The first-order chi connectivity index (χ1) is 11.9. The normalized spacial score (nSPS) is 14.7. The molecule has 2 heterocycles. The minimum absolute atomic E-state index is 0. The van der Waals surface area contributed by atoms with E-state index in [0.29, 0.717) is 0 Å². The predicted molar refractivity (Wildman–Crippen MR) is 114 cm³/mol. The van der Waals surface area contributed by atoms with Crippen LogP contribution in [0.3, 0.4) is 0 Å². The van der Waals surface area contributed by atoms with Crippen LogP contribution in [0.1, 0.15) is 18.9 Å². The number of aromatic nitrogens is 2. The van der Waals surface area contributed by atoms with Crippen molar-refractivity contribution in [1.29, 1.82) is 0 Å². The summed E-state index contributed by atoms with van der Waals surface area (Å²) in [4.78, 5) is 11.2. The van der Waals surface area contributed by atoms with Gasteiger partial charge in [-0.2, -0.15) is 0 Å². The topological polar surface area (TPSA) is 45.5 Å². The maximum atomic E-state index is 4.76. The van der Waals surface area contributed by atoms with Gasteiger partial charge in [-0.25, -0.2) is 4.98 Å². The molecule has 0 saturated heterocycles. The third kappa shape index (κ3) is 5.59. The Kier molecular flexibility index (Phi) is 7.97. The number of hydrogen-bond donors (Lipinski definition) is 1. The highest BCUT2D eigenvalue weighted by molar-refractivity contribution is 14.0. The van der Waals surface area contributed by atoms with Crippen molar-refractivity contribution >= 4 is 35.5 Å². The second-order valence-corrected chi connectivity index (χ2v) is 5.83. The summed E-state index contributed by atoms with van der Waals surface area (Å²) in [6, 6.07) is 10.6. The standard InChI is InChI=1S/C19H25N5.HI/c1-2-21-19(22-11-15-23-14-10-20-16-23)24-12-8-18(9-13-24)17-6-4-3-5-7-17;/h3-8,10,14,16H,2,9,11-13,15H2,1H3,(H,21,22);1H. The van der Waals surface area contributed by atoms with E-state index >= 15 is 0 Å². The molecule has 0 bridgehead atoms. The largest absolute Gasteiger partial charge is 0.357 e. The van der Waals surface area contributed by atoms with Crippen LogP contribution in [0.4, 0.5) is 0 Å². The fraction of sp³-hybridized carbons (Fsp3) is 0.368. The van der Waals surface area contributed by atoms with Crippen LogP contribution >= 0.6 is 24.0 Å². The lowest BCUT2D eigenvalue weighted by molar-refractivity contribution is 0.439. The maximum Gasteiger partial charge on any atom is 0.194 e. The number of imidazole rings is 1. The molecule has 1 aliphatic heterocycles. The van der Waals surface area contributed by atoms with Gasteiger partial charge in [0.1, 0.15) is 0 Å². The molecule has 25 heavy (non-hydrogen) atoms. The molecule has 1 aliphatic rings. The number of aliphatic imine (C=N–C) groups is 1. The summed E-state index contributed by atoms with van der Waals surface area (Å²) >= 11 is 0. The van der Waals surface area contributed by atoms with Crippen LogP contribution in [-0.4, -0.2) is 46.6 Å². The van der Waals surface area contributed by atoms with Crippen LogP contribution in [0.25, 0.3) is 5.57 Å². The van der Waals surface area contributed by atoms with Crippen molar-refractivity contribution < 1.29 is 0 Å². The Labute approximate surface area is 166 Å². The Morgan fingerprint density at radius 3 is 2.76 bits per heavy atom. The smallest absolute Gasteiger partial charge is 0.194 e. The highest BCUT2D eigenvalue weighted by Gasteiger charge is 2.15. The molecule has 6 heteroatoms. The van der Waals surface area contributed by atoms with Gasteiger partial charge in [0.05, 0.1) is 12.9 Å². The van der Waals surface area contributed by atoms with E-state index in [4.69, 9.17) is 4.99 Å². The van der Waals surface area contributed by atoms with Crippen molar-refractivity contribution in [3.05, 3.63) is 60.7 Å². The second kappa shape index (κ2) is 10.2. The van der Waals surface area contributed by atoms with Gasteiger partial charge in [-0.05, 0) is 24.5 Å². The molecular formula is C19H26IN5. The van der Waals surface area contributed by atoms with Gasteiger partial charge in [-0.1, -0.05) is 36.4 Å². The molecule has 0 aliphatic carbocycles. The first-order valence-corrected chi connectivity index (χ1v) is 8.60. The van der Waals surface area contributed by atoms with Gasteiger partial charge in [0.25, 0.3) is 0 Å². The van der Waals surface area contributed by atoms with E-state index in [1.807, 2.05) is 12.5 Å². The third-order valence-electron chi connectivity index (χ3n) is 4.17. The summed E-state index contributed by atoms with van der Waals surface area (Å²) in [5.74, 6) is 1.00. The lowest BCUT2D eigenvalue weighted by Crippen LogP contribution is -2.43. The average Bonchev–Trinajstić information content (AvgIpc) is 3.15. The molecule has 0 radical (unpaired) electrons. The number of nitrogens with zero attached hydrogens (tertiary/aromatic N) is 4. The van der Waals surface area contributed by atoms with Crippen molar-refractivity contribution in [1.82, 2.24) is 19.8 Å². The number of benzene rings is 1. The Hall–Kier alpha value is -1.83. The van der Waals surface area contributed by atoms with Crippen molar-refractivity contribution in [3.8, 4) is 0 Å². The van der Waals surface area contributed by atoms with Gasteiger partial charge in [-0.15, -0.1) is 24.0 Å². The second-order valence-electron chi connectivity index (χ2n) is 5.83. The molecule has 2 aromatic rings. The monoisotopic (exact) mass is 451 g/mol. The molecule has 0 amide bonds. The molecule has 0 unspecified atom stereocenters. The van der Waals surface area contributed by atoms with Crippen LogP contribution in [-0.2, 0) is 6.54 Å². The molecule has 1 aromatic carbocycles. The Morgan fingerprint density at radius 1 is 1.28 bits per heavy atom. The van der Waals surface area contributed by atoms with Gasteiger partial charge in [0, 0.05) is 38.6 Å². The molecule has 0 spiro atoms. The number of guanidine groups is 1. The molecular weight excluding hydrogens is 425 g/mol. The Balaban J connectivity index is 0.00000225. The molecule has 1 N–H and O–H groups in total. The molecule has 0 saturated carbocycles. The first-order valence-electron chi connectivity index (χ1n) is 8.60. The van der Waals surface area contributed by atoms with E-state index in [9.17, 15) is 0 Å². The predicted octanol–water partition coefficient (Wildman–Crippen LogP) is 3.26. The van der Waals surface area contributed by atoms with Gasteiger partial charge in [0.15, 0.2) is 5.96 Å². The van der Waals surface area contributed by atoms with Gasteiger partial charge < -0.3 is 14.8 Å². The SMILES string of the molecule is CCNC(=NCCn1ccnc1)N1CC=C(c2ccccc2)CC1.I. The van der Waals surface area contributed by atoms with E-state index < -0.39 is 0 Å². The fourth-order valence-electron chi connectivity index (χ4n) is 2.89. The molecule has 5 nitrogen and oxygen atoms in total. The maximum absolute atomic E-state index is 4.76. The van der Waals surface area contributed by atoms with E-state index in [0.717, 1.165) is 45.1 Å². The fourth-order valence-corrected chi connectivity index (χ4v) is 2.89. The van der Waals surface area contributed by atoms with E-state index in [2.05, 4.69) is 63.1 Å². The summed E-state index contributed by atoms with van der Waals surface area (Å²) in [6.07, 6.45) is 8.98. The number of hydrogen-bond acceptors (Lipinski definition) is 2. The van der Waals surface area contributed by atoms with Crippen molar-refractivity contribution in [2.75, 3.05) is 26.2 Å². The van der Waals surface area contributed by atoms with Crippen LogP contribution in [0.2, 0.25) is 0 Å². The first kappa shape index (κ1) is 19.5. The number of nitrogens with one attached hydrogen (secondary N) is 1. The van der Waals surface area contributed by atoms with Crippen LogP contribution < -0.4 is 5.32 Å². The summed E-state index contributed by atoms with van der Waals surface area (Å²) in [5.41, 5.74) is 2.76. The minimum atomic E-state index is 0. The quantitative estimate of drug-likeness (QED) is 0.432.